The lowest BCUT2D eigenvalue weighted by Crippen LogP contribution is -2.49. The van der Waals surface area contributed by atoms with Gasteiger partial charge in [-0.1, -0.05) is 40.9 Å². The fourth-order valence-electron chi connectivity index (χ4n) is 2.51. The van der Waals surface area contributed by atoms with Crippen molar-refractivity contribution in [2.45, 2.75) is 26.7 Å². The Balaban J connectivity index is 1.65. The highest BCUT2D eigenvalue weighted by Gasteiger charge is 2.11. The summed E-state index contributed by atoms with van der Waals surface area (Å²) in [6.07, 6.45) is -0.0892. The second-order valence-corrected chi connectivity index (χ2v) is 8.03. The van der Waals surface area contributed by atoms with Crippen LogP contribution in [0.5, 0.6) is 5.75 Å². The normalized spacial score (nSPS) is 10.1. The van der Waals surface area contributed by atoms with Crippen molar-refractivity contribution in [1.82, 2.24) is 16.2 Å². The van der Waals surface area contributed by atoms with Crippen molar-refractivity contribution in [3.8, 4) is 5.75 Å². The topological polar surface area (TPSA) is 109 Å². The summed E-state index contributed by atoms with van der Waals surface area (Å²) in [6.45, 7) is 3.50. The van der Waals surface area contributed by atoms with Crippen LogP contribution >= 0.6 is 35.4 Å². The lowest BCUT2D eigenvalue weighted by molar-refractivity contribution is -0.125. The van der Waals surface area contributed by atoms with Gasteiger partial charge in [0.05, 0.1) is 5.02 Å². The number of hydrogen-bond acceptors (Lipinski definition) is 5. The second-order valence-electron chi connectivity index (χ2n) is 6.78. The number of amides is 3. The molecule has 0 fully saturated rings. The van der Waals surface area contributed by atoms with Gasteiger partial charge >= 0.3 is 0 Å². The molecule has 3 amide bonds. The van der Waals surface area contributed by atoms with E-state index in [4.69, 9.17) is 40.2 Å². The van der Waals surface area contributed by atoms with Crippen LogP contribution < -0.4 is 26.2 Å². The van der Waals surface area contributed by atoms with E-state index in [-0.39, 0.29) is 41.2 Å². The Morgan fingerprint density at radius 2 is 1.66 bits per heavy atom. The third kappa shape index (κ3) is 8.70. The average molecular weight is 497 g/mol. The van der Waals surface area contributed by atoms with E-state index in [0.29, 0.717) is 10.7 Å². The molecule has 0 unspecified atom stereocenters. The fraction of sp³-hybridized carbons (Fsp3) is 0.238. The highest BCUT2D eigenvalue weighted by Crippen LogP contribution is 2.27. The van der Waals surface area contributed by atoms with Gasteiger partial charge in [0, 0.05) is 23.6 Å². The van der Waals surface area contributed by atoms with Gasteiger partial charge < -0.3 is 10.1 Å². The second kappa shape index (κ2) is 12.2. The number of ether oxygens (including phenoxy) is 1. The molecule has 0 bridgehead atoms. The molecule has 0 aliphatic carbocycles. The van der Waals surface area contributed by atoms with Crippen LogP contribution in [-0.4, -0.2) is 29.4 Å². The number of nitrogens with one attached hydrogen (secondary N) is 4. The minimum atomic E-state index is -0.560. The zero-order valence-corrected chi connectivity index (χ0v) is 19.7. The van der Waals surface area contributed by atoms with Gasteiger partial charge in [0.1, 0.15) is 5.75 Å². The van der Waals surface area contributed by atoms with Gasteiger partial charge in [0.25, 0.3) is 5.91 Å². The SMILES string of the molecule is Cc1ccc(NC(=O)CCC(=O)NNC(=S)NC(=O)COc2ccc(Cl)cc2Cl)c(C)c1. The van der Waals surface area contributed by atoms with Gasteiger partial charge in [-0.2, -0.15) is 0 Å². The van der Waals surface area contributed by atoms with Crippen LogP contribution in [0.1, 0.15) is 24.0 Å². The Bertz CT molecular complexity index is 1030. The van der Waals surface area contributed by atoms with E-state index in [1.165, 1.54) is 12.1 Å². The third-order valence-corrected chi connectivity index (χ3v) is 4.79. The van der Waals surface area contributed by atoms with Crippen molar-refractivity contribution in [2.75, 3.05) is 11.9 Å². The molecule has 2 aromatic rings. The molecule has 170 valence electrons. The van der Waals surface area contributed by atoms with Crippen LogP contribution in [0.15, 0.2) is 36.4 Å². The number of rotatable bonds is 7. The molecular weight excluding hydrogens is 475 g/mol. The highest BCUT2D eigenvalue weighted by molar-refractivity contribution is 7.80. The van der Waals surface area contributed by atoms with Gasteiger partial charge in [-0.3, -0.25) is 30.6 Å². The Kier molecular flexibility index (Phi) is 9.70. The van der Waals surface area contributed by atoms with Crippen molar-refractivity contribution in [1.29, 1.82) is 0 Å². The summed E-state index contributed by atoms with van der Waals surface area (Å²) in [4.78, 5) is 35.8. The summed E-state index contributed by atoms with van der Waals surface area (Å²) in [6, 6.07) is 10.3. The molecule has 0 heterocycles. The zero-order chi connectivity index (χ0) is 23.7. The van der Waals surface area contributed by atoms with E-state index in [1.807, 2.05) is 32.0 Å². The van der Waals surface area contributed by atoms with E-state index >= 15 is 0 Å². The van der Waals surface area contributed by atoms with Crippen LogP contribution in [0.2, 0.25) is 10.0 Å². The molecule has 0 aliphatic heterocycles. The maximum Gasteiger partial charge on any atom is 0.264 e. The predicted octanol–water partition coefficient (Wildman–Crippen LogP) is 3.43. The minimum absolute atomic E-state index is 0.0182. The summed E-state index contributed by atoms with van der Waals surface area (Å²) < 4.78 is 5.29. The van der Waals surface area contributed by atoms with Crippen LogP contribution in [-0.2, 0) is 14.4 Å². The van der Waals surface area contributed by atoms with Crippen LogP contribution in [0, 0.1) is 13.8 Å². The average Bonchev–Trinajstić information content (AvgIpc) is 2.72. The molecule has 11 heteroatoms. The van der Waals surface area contributed by atoms with Crippen molar-refractivity contribution in [2.24, 2.45) is 0 Å². The molecule has 0 aliphatic rings. The molecule has 0 radical (unpaired) electrons. The number of aryl methyl sites for hydroxylation is 2. The first-order valence-corrected chi connectivity index (χ1v) is 10.6. The first-order chi connectivity index (χ1) is 15.1. The molecular formula is C21H22Cl2N4O4S. The number of thiocarbonyl (C=S) groups is 1. The summed E-state index contributed by atoms with van der Waals surface area (Å²) in [5, 5.41) is 5.68. The Hall–Kier alpha value is -2.88. The van der Waals surface area contributed by atoms with Crippen LogP contribution in [0.25, 0.3) is 0 Å². The van der Waals surface area contributed by atoms with Gasteiger partial charge in [-0.25, -0.2) is 0 Å². The van der Waals surface area contributed by atoms with Gasteiger partial charge in [-0.15, -0.1) is 0 Å². The number of halogens is 2. The molecule has 8 nitrogen and oxygen atoms in total. The quantitative estimate of drug-likeness (QED) is 0.345. The molecule has 32 heavy (non-hydrogen) atoms. The zero-order valence-electron chi connectivity index (χ0n) is 17.4. The van der Waals surface area contributed by atoms with Crippen LogP contribution in [0.3, 0.4) is 0 Å². The van der Waals surface area contributed by atoms with E-state index in [1.54, 1.807) is 6.07 Å². The van der Waals surface area contributed by atoms with Gasteiger partial charge in [0.2, 0.25) is 11.8 Å². The lowest BCUT2D eigenvalue weighted by Gasteiger charge is -2.12. The highest BCUT2D eigenvalue weighted by atomic mass is 35.5. The summed E-state index contributed by atoms with van der Waals surface area (Å²) >= 11 is 16.7. The summed E-state index contributed by atoms with van der Waals surface area (Å²) in [7, 11) is 0. The standard InChI is InChI=1S/C21H22Cl2N4O4S/c1-12-3-5-16(13(2)9-12)24-18(28)7-8-19(29)26-27-21(32)25-20(30)11-31-17-6-4-14(22)10-15(17)23/h3-6,9-10H,7-8,11H2,1-2H3,(H,24,28)(H,26,29)(H2,25,27,30,32). The summed E-state index contributed by atoms with van der Waals surface area (Å²) in [5.74, 6) is -1.03. The largest absolute Gasteiger partial charge is 0.482 e. The Morgan fingerprint density at radius 1 is 0.938 bits per heavy atom. The number of carbonyl (C=O) groups is 3. The molecule has 0 atom stereocenters. The number of benzene rings is 2. The monoisotopic (exact) mass is 496 g/mol. The van der Waals surface area contributed by atoms with Crippen molar-refractivity contribution >= 4 is 63.9 Å². The predicted molar refractivity (Wildman–Crippen MR) is 128 cm³/mol. The van der Waals surface area contributed by atoms with E-state index < -0.39 is 11.8 Å². The molecule has 0 aromatic heterocycles. The smallest absolute Gasteiger partial charge is 0.264 e. The number of hydrazine groups is 1. The summed E-state index contributed by atoms with van der Waals surface area (Å²) in [5.41, 5.74) is 7.43. The van der Waals surface area contributed by atoms with E-state index in [9.17, 15) is 14.4 Å². The molecule has 2 aromatic carbocycles. The third-order valence-electron chi connectivity index (χ3n) is 4.06. The molecule has 0 saturated heterocycles. The fourth-order valence-corrected chi connectivity index (χ4v) is 3.14. The van der Waals surface area contributed by atoms with Crippen molar-refractivity contribution in [3.05, 3.63) is 57.6 Å². The molecule has 0 spiro atoms. The van der Waals surface area contributed by atoms with Gasteiger partial charge in [0.15, 0.2) is 11.7 Å². The van der Waals surface area contributed by atoms with Gasteiger partial charge in [-0.05, 0) is 55.9 Å². The number of anilines is 1. The molecule has 0 saturated carbocycles. The minimum Gasteiger partial charge on any atom is -0.482 e. The first-order valence-electron chi connectivity index (χ1n) is 9.47. The number of carbonyl (C=O) groups excluding carboxylic acids is 3. The number of hydrogen-bond donors (Lipinski definition) is 4. The molecule has 4 N–H and O–H groups in total. The van der Waals surface area contributed by atoms with Crippen molar-refractivity contribution < 1.29 is 19.1 Å². The maximum absolute atomic E-state index is 12.0. The van der Waals surface area contributed by atoms with E-state index in [2.05, 4.69) is 21.5 Å². The Labute approximate surface area is 201 Å². The van der Waals surface area contributed by atoms with E-state index in [0.717, 1.165) is 11.1 Å². The Morgan fingerprint density at radius 3 is 2.34 bits per heavy atom. The molecule has 2 rings (SSSR count). The first kappa shape index (κ1) is 25.4. The lowest BCUT2D eigenvalue weighted by atomic mass is 10.1. The maximum atomic E-state index is 12.0. The van der Waals surface area contributed by atoms with Crippen molar-refractivity contribution in [3.63, 3.8) is 0 Å². The van der Waals surface area contributed by atoms with Crippen LogP contribution in [0.4, 0.5) is 5.69 Å².